The molecular formula is C12H22S. The first kappa shape index (κ1) is 9.89. The Hall–Kier alpha value is 0.350. The van der Waals surface area contributed by atoms with Crippen LogP contribution in [-0.2, 0) is 0 Å². The van der Waals surface area contributed by atoms with E-state index in [0.717, 1.165) is 11.3 Å². The van der Waals surface area contributed by atoms with Crippen LogP contribution in [0.4, 0.5) is 0 Å². The van der Waals surface area contributed by atoms with Gasteiger partial charge in [0.1, 0.15) is 0 Å². The molecule has 1 heterocycles. The van der Waals surface area contributed by atoms with E-state index in [1.54, 1.807) is 0 Å². The first-order valence-corrected chi connectivity index (χ1v) is 6.80. The van der Waals surface area contributed by atoms with E-state index in [1.807, 2.05) is 0 Å². The smallest absolute Gasteiger partial charge is 0.00104 e. The number of thioether (sulfide) groups is 1. The fourth-order valence-corrected chi connectivity index (χ4v) is 4.53. The third-order valence-corrected chi connectivity index (χ3v) is 5.75. The average molecular weight is 198 g/mol. The van der Waals surface area contributed by atoms with E-state index in [0.29, 0.717) is 5.41 Å². The molecule has 76 valence electrons. The number of rotatable bonds is 1. The molecule has 1 spiro atoms. The van der Waals surface area contributed by atoms with Crippen LogP contribution in [0.1, 0.15) is 46.5 Å². The van der Waals surface area contributed by atoms with E-state index >= 15 is 0 Å². The van der Waals surface area contributed by atoms with Crippen LogP contribution in [0.3, 0.4) is 0 Å². The lowest BCUT2D eigenvalue weighted by atomic mass is 9.49. The summed E-state index contributed by atoms with van der Waals surface area (Å²) in [5, 5.41) is 0. The Bertz CT molecular complexity index is 181. The molecule has 2 rings (SSSR count). The predicted octanol–water partition coefficient (Wildman–Crippen LogP) is 3.96. The fourth-order valence-electron chi connectivity index (χ4n) is 3.26. The number of hydrogen-bond donors (Lipinski definition) is 0. The molecule has 1 aliphatic heterocycles. The van der Waals surface area contributed by atoms with Crippen LogP contribution in [-0.4, -0.2) is 11.5 Å². The maximum Gasteiger partial charge on any atom is -0.00104 e. The second-order valence-electron chi connectivity index (χ2n) is 5.82. The SMILES string of the molecule is CC(C)C1(C)CC2(CCCSC2)C1. The highest BCUT2D eigenvalue weighted by atomic mass is 32.2. The molecule has 2 fully saturated rings. The lowest BCUT2D eigenvalue weighted by molar-refractivity contribution is -0.0514. The lowest BCUT2D eigenvalue weighted by Gasteiger charge is -2.58. The van der Waals surface area contributed by atoms with Crippen LogP contribution in [0.5, 0.6) is 0 Å². The average Bonchev–Trinajstić information content (AvgIpc) is 2.03. The Morgan fingerprint density at radius 1 is 1.23 bits per heavy atom. The Labute approximate surface area is 86.9 Å². The molecule has 0 unspecified atom stereocenters. The maximum atomic E-state index is 2.49. The van der Waals surface area contributed by atoms with E-state index in [1.165, 1.54) is 37.2 Å². The quantitative estimate of drug-likeness (QED) is 0.614. The monoisotopic (exact) mass is 198 g/mol. The molecular weight excluding hydrogens is 176 g/mol. The molecule has 2 aliphatic rings. The lowest BCUT2D eigenvalue weighted by Crippen LogP contribution is -2.50. The molecule has 1 saturated carbocycles. The van der Waals surface area contributed by atoms with Gasteiger partial charge in [-0.2, -0.15) is 11.8 Å². The van der Waals surface area contributed by atoms with Crippen LogP contribution in [0.15, 0.2) is 0 Å². The van der Waals surface area contributed by atoms with Crippen molar-refractivity contribution in [2.75, 3.05) is 11.5 Å². The highest BCUT2D eigenvalue weighted by Gasteiger charge is 2.52. The van der Waals surface area contributed by atoms with E-state index < -0.39 is 0 Å². The minimum absolute atomic E-state index is 0.678. The van der Waals surface area contributed by atoms with Gasteiger partial charge in [0.2, 0.25) is 0 Å². The van der Waals surface area contributed by atoms with Crippen molar-refractivity contribution in [3.63, 3.8) is 0 Å². The van der Waals surface area contributed by atoms with E-state index in [-0.39, 0.29) is 0 Å². The summed E-state index contributed by atoms with van der Waals surface area (Å²) in [7, 11) is 0. The third-order valence-electron chi connectivity index (χ3n) is 4.36. The molecule has 0 aromatic heterocycles. The van der Waals surface area contributed by atoms with Gasteiger partial charge in [-0.1, -0.05) is 20.8 Å². The second-order valence-corrected chi connectivity index (χ2v) is 6.92. The molecule has 0 aromatic carbocycles. The summed E-state index contributed by atoms with van der Waals surface area (Å²) in [6.45, 7) is 7.27. The molecule has 0 amide bonds. The Morgan fingerprint density at radius 2 is 1.92 bits per heavy atom. The van der Waals surface area contributed by atoms with Crippen molar-refractivity contribution in [1.29, 1.82) is 0 Å². The van der Waals surface area contributed by atoms with Gasteiger partial charge in [0, 0.05) is 0 Å². The zero-order chi connectivity index (χ0) is 9.53. The molecule has 0 N–H and O–H groups in total. The van der Waals surface area contributed by atoms with Crippen molar-refractivity contribution >= 4 is 11.8 Å². The molecule has 0 aromatic rings. The molecule has 1 saturated heterocycles. The zero-order valence-electron chi connectivity index (χ0n) is 9.23. The van der Waals surface area contributed by atoms with Crippen molar-refractivity contribution < 1.29 is 0 Å². The van der Waals surface area contributed by atoms with Gasteiger partial charge < -0.3 is 0 Å². The van der Waals surface area contributed by atoms with Gasteiger partial charge >= 0.3 is 0 Å². The largest absolute Gasteiger partial charge is 0.161 e. The Kier molecular flexibility index (Phi) is 2.42. The summed E-state index contributed by atoms with van der Waals surface area (Å²) >= 11 is 2.19. The van der Waals surface area contributed by atoms with Crippen LogP contribution < -0.4 is 0 Å². The Morgan fingerprint density at radius 3 is 2.38 bits per heavy atom. The predicted molar refractivity (Wildman–Crippen MR) is 61.2 cm³/mol. The summed E-state index contributed by atoms with van der Waals surface area (Å²) < 4.78 is 0. The topological polar surface area (TPSA) is 0 Å². The van der Waals surface area contributed by atoms with Crippen molar-refractivity contribution in [1.82, 2.24) is 0 Å². The van der Waals surface area contributed by atoms with Gasteiger partial charge in [0.15, 0.2) is 0 Å². The minimum Gasteiger partial charge on any atom is -0.161 e. The Balaban J connectivity index is 1.94. The normalized spacial score (nSPS) is 45.2. The van der Waals surface area contributed by atoms with Crippen molar-refractivity contribution in [2.45, 2.75) is 46.5 Å². The minimum atomic E-state index is 0.678. The molecule has 0 atom stereocenters. The summed E-state index contributed by atoms with van der Waals surface area (Å²) in [4.78, 5) is 0. The van der Waals surface area contributed by atoms with E-state index in [9.17, 15) is 0 Å². The van der Waals surface area contributed by atoms with Gasteiger partial charge in [-0.05, 0) is 53.9 Å². The van der Waals surface area contributed by atoms with Crippen molar-refractivity contribution in [2.24, 2.45) is 16.7 Å². The highest BCUT2D eigenvalue weighted by molar-refractivity contribution is 7.99. The fraction of sp³-hybridized carbons (Fsp3) is 1.00. The van der Waals surface area contributed by atoms with Gasteiger partial charge in [-0.15, -0.1) is 0 Å². The number of hydrogen-bond acceptors (Lipinski definition) is 1. The standard InChI is InChI=1S/C12H22S/c1-10(2)11(3)7-12(8-11)5-4-6-13-9-12/h10H,4-9H2,1-3H3. The van der Waals surface area contributed by atoms with Gasteiger partial charge in [-0.3, -0.25) is 0 Å². The van der Waals surface area contributed by atoms with Crippen molar-refractivity contribution in [3.8, 4) is 0 Å². The summed E-state index contributed by atoms with van der Waals surface area (Å²) in [6, 6.07) is 0. The molecule has 1 aliphatic carbocycles. The first-order valence-electron chi connectivity index (χ1n) is 5.64. The molecule has 13 heavy (non-hydrogen) atoms. The molecule has 0 radical (unpaired) electrons. The summed E-state index contributed by atoms with van der Waals surface area (Å²) in [6.07, 6.45) is 6.00. The van der Waals surface area contributed by atoms with Crippen molar-refractivity contribution in [3.05, 3.63) is 0 Å². The zero-order valence-corrected chi connectivity index (χ0v) is 10.0. The summed E-state index contributed by atoms with van der Waals surface area (Å²) in [5.74, 6) is 3.75. The van der Waals surface area contributed by atoms with Crippen LogP contribution in [0.25, 0.3) is 0 Å². The first-order chi connectivity index (χ1) is 6.06. The van der Waals surface area contributed by atoms with E-state index in [2.05, 4.69) is 32.5 Å². The van der Waals surface area contributed by atoms with Crippen LogP contribution >= 0.6 is 11.8 Å². The van der Waals surface area contributed by atoms with Gasteiger partial charge in [0.05, 0.1) is 0 Å². The van der Waals surface area contributed by atoms with E-state index in [4.69, 9.17) is 0 Å². The van der Waals surface area contributed by atoms with Gasteiger partial charge in [0.25, 0.3) is 0 Å². The summed E-state index contributed by atoms with van der Waals surface area (Å²) in [5.41, 5.74) is 1.46. The molecule has 0 nitrogen and oxygen atoms in total. The van der Waals surface area contributed by atoms with Gasteiger partial charge in [-0.25, -0.2) is 0 Å². The highest BCUT2D eigenvalue weighted by Crippen LogP contribution is 2.62. The third kappa shape index (κ3) is 1.65. The van der Waals surface area contributed by atoms with Crippen LogP contribution in [0, 0.1) is 16.7 Å². The molecule has 0 bridgehead atoms. The van der Waals surface area contributed by atoms with Crippen LogP contribution in [0.2, 0.25) is 0 Å². The second kappa shape index (κ2) is 3.18. The molecule has 1 heteroatoms. The maximum absolute atomic E-state index is 2.49.